The molecule has 0 fully saturated rings. The average molecular weight is 386 g/mol. The van der Waals surface area contributed by atoms with Crippen molar-refractivity contribution in [2.24, 2.45) is 0 Å². The lowest BCUT2D eigenvalue weighted by atomic mass is 10.1. The highest BCUT2D eigenvalue weighted by Crippen LogP contribution is 2.37. The number of aliphatic hydroxyl groups excluding tert-OH is 1. The summed E-state index contributed by atoms with van der Waals surface area (Å²) in [7, 11) is -4.30. The number of carbonyl (C=O) groups excluding carboxylic acids is 2. The van der Waals surface area contributed by atoms with Crippen molar-refractivity contribution in [3.05, 3.63) is 64.5 Å². The van der Waals surface area contributed by atoms with Gasteiger partial charge >= 0.3 is 0 Å². The topological polar surface area (TPSA) is 105 Å². The maximum Gasteiger partial charge on any atom is 0.283 e. The predicted octanol–water partition coefficient (Wildman–Crippen LogP) is 2.40. The number of aromatic nitrogens is 1. The zero-order valence-electron chi connectivity index (χ0n) is 15.1. The summed E-state index contributed by atoms with van der Waals surface area (Å²) in [4.78, 5) is 28.8. The highest BCUT2D eigenvalue weighted by Gasteiger charge is 2.42. The number of aryl methyl sites for hydroxylation is 2. The first kappa shape index (κ1) is 18.8. The molecule has 3 rings (SSSR count). The van der Waals surface area contributed by atoms with Gasteiger partial charge in [-0.25, -0.2) is 9.29 Å². The van der Waals surface area contributed by atoms with E-state index in [0.29, 0.717) is 21.1 Å². The SMILES string of the molecule is CC(=O)C1=C(O)c2c(C)cc(C)nc2S(=O)(=O)N1CC(=O)c1ccccc1. The molecule has 7 nitrogen and oxygen atoms in total. The van der Waals surface area contributed by atoms with Crippen LogP contribution in [0.4, 0.5) is 0 Å². The van der Waals surface area contributed by atoms with Crippen molar-refractivity contribution in [3.8, 4) is 0 Å². The van der Waals surface area contributed by atoms with Gasteiger partial charge in [0.1, 0.15) is 5.70 Å². The van der Waals surface area contributed by atoms with Crippen molar-refractivity contribution in [1.82, 2.24) is 9.29 Å². The molecule has 0 atom stereocenters. The standard InChI is InChI=1S/C19H18N2O5S/c1-11-9-12(2)20-19-16(11)18(24)17(13(3)22)21(27(19,25)26)10-15(23)14-7-5-4-6-8-14/h4-9,24H,10H2,1-3H3. The van der Waals surface area contributed by atoms with Gasteiger partial charge in [0.15, 0.2) is 22.4 Å². The van der Waals surface area contributed by atoms with Crippen molar-refractivity contribution in [3.63, 3.8) is 0 Å². The molecule has 0 saturated carbocycles. The van der Waals surface area contributed by atoms with Gasteiger partial charge in [0.25, 0.3) is 10.0 Å². The van der Waals surface area contributed by atoms with Gasteiger partial charge in [-0.05, 0) is 25.5 Å². The van der Waals surface area contributed by atoms with Crippen LogP contribution in [0.5, 0.6) is 0 Å². The molecule has 0 unspecified atom stereocenters. The minimum atomic E-state index is -4.30. The fourth-order valence-electron chi connectivity index (χ4n) is 3.09. The number of rotatable bonds is 4. The van der Waals surface area contributed by atoms with E-state index in [1.54, 1.807) is 50.2 Å². The van der Waals surface area contributed by atoms with E-state index >= 15 is 0 Å². The summed E-state index contributed by atoms with van der Waals surface area (Å²) < 4.78 is 26.9. The van der Waals surface area contributed by atoms with Gasteiger partial charge in [-0.3, -0.25) is 9.59 Å². The molecule has 0 radical (unpaired) electrons. The zero-order chi connectivity index (χ0) is 19.9. The second kappa shape index (κ2) is 6.62. The Morgan fingerprint density at radius 3 is 2.37 bits per heavy atom. The maximum atomic E-state index is 13.1. The number of nitrogens with zero attached hydrogens (tertiary/aromatic N) is 2. The van der Waals surface area contributed by atoms with Crippen molar-refractivity contribution in [1.29, 1.82) is 0 Å². The molecule has 0 aliphatic carbocycles. The van der Waals surface area contributed by atoms with Crippen LogP contribution in [0, 0.1) is 13.8 Å². The van der Waals surface area contributed by atoms with E-state index in [-0.39, 0.29) is 10.6 Å². The van der Waals surface area contributed by atoms with E-state index in [1.807, 2.05) is 0 Å². The number of Topliss-reactive ketones (excluding diaryl/α,β-unsaturated/α-hetero) is 2. The summed E-state index contributed by atoms with van der Waals surface area (Å²) >= 11 is 0. The van der Waals surface area contributed by atoms with Crippen LogP contribution in [-0.2, 0) is 14.8 Å². The first-order valence-electron chi connectivity index (χ1n) is 8.18. The fourth-order valence-corrected chi connectivity index (χ4v) is 4.82. The Labute approximate surface area is 157 Å². The summed E-state index contributed by atoms with van der Waals surface area (Å²) in [6.45, 7) is 3.79. The molecule has 140 valence electrons. The lowest BCUT2D eigenvalue weighted by molar-refractivity contribution is -0.114. The zero-order valence-corrected chi connectivity index (χ0v) is 15.9. The monoisotopic (exact) mass is 386 g/mol. The molecule has 1 aliphatic rings. The van der Waals surface area contributed by atoms with Gasteiger partial charge in [-0.15, -0.1) is 0 Å². The van der Waals surface area contributed by atoms with Gasteiger partial charge in [-0.2, -0.15) is 8.42 Å². The van der Waals surface area contributed by atoms with Crippen LogP contribution in [-0.4, -0.2) is 40.9 Å². The molecule has 0 saturated heterocycles. The molecule has 8 heteroatoms. The maximum absolute atomic E-state index is 13.1. The normalized spacial score (nSPS) is 15.4. The number of carbonyl (C=O) groups is 2. The minimum absolute atomic E-state index is 0.00536. The van der Waals surface area contributed by atoms with Crippen LogP contribution in [0.1, 0.15) is 34.1 Å². The number of hydrogen-bond donors (Lipinski definition) is 1. The molecule has 1 aromatic heterocycles. The number of sulfonamides is 1. The molecule has 0 amide bonds. The van der Waals surface area contributed by atoms with Crippen molar-refractivity contribution < 1.29 is 23.1 Å². The van der Waals surface area contributed by atoms with E-state index in [1.165, 1.54) is 0 Å². The Bertz CT molecular complexity index is 1090. The molecule has 1 N–H and O–H groups in total. The third-order valence-corrected chi connectivity index (χ3v) is 5.95. The summed E-state index contributed by atoms with van der Waals surface area (Å²) in [5, 5.41) is 10.3. The molecule has 2 aromatic rings. The van der Waals surface area contributed by atoms with Crippen molar-refractivity contribution >= 4 is 27.3 Å². The van der Waals surface area contributed by atoms with E-state index < -0.39 is 39.6 Å². The Morgan fingerprint density at radius 2 is 1.78 bits per heavy atom. The van der Waals surface area contributed by atoms with Crippen LogP contribution in [0.2, 0.25) is 0 Å². The number of ketones is 2. The molecule has 0 spiro atoms. The van der Waals surface area contributed by atoms with E-state index in [0.717, 1.165) is 6.92 Å². The second-order valence-corrected chi connectivity index (χ2v) is 8.09. The van der Waals surface area contributed by atoms with Crippen LogP contribution in [0.15, 0.2) is 47.1 Å². The number of fused-ring (bicyclic) bond motifs is 1. The average Bonchev–Trinajstić information content (AvgIpc) is 2.59. The quantitative estimate of drug-likeness (QED) is 0.809. The van der Waals surface area contributed by atoms with Gasteiger partial charge < -0.3 is 5.11 Å². The largest absolute Gasteiger partial charge is 0.505 e. The Morgan fingerprint density at radius 1 is 1.15 bits per heavy atom. The molecule has 2 heterocycles. The summed E-state index contributed by atoms with van der Waals surface area (Å²) in [5.41, 5.74) is 0.790. The van der Waals surface area contributed by atoms with Gasteiger partial charge in [0, 0.05) is 18.2 Å². The third kappa shape index (κ3) is 3.12. The third-order valence-electron chi connectivity index (χ3n) is 4.27. The first-order chi connectivity index (χ1) is 12.6. The summed E-state index contributed by atoms with van der Waals surface area (Å²) in [6, 6.07) is 9.76. The highest BCUT2D eigenvalue weighted by atomic mass is 32.2. The molecular formula is C19H18N2O5S. The molecule has 0 bridgehead atoms. The molecule has 1 aromatic carbocycles. The second-order valence-electron chi connectivity index (χ2n) is 6.31. The van der Waals surface area contributed by atoms with Crippen molar-refractivity contribution in [2.75, 3.05) is 6.54 Å². The number of hydrogen-bond acceptors (Lipinski definition) is 6. The van der Waals surface area contributed by atoms with Gasteiger partial charge in [0.05, 0.1) is 12.1 Å². The highest BCUT2D eigenvalue weighted by molar-refractivity contribution is 7.89. The smallest absolute Gasteiger partial charge is 0.283 e. The number of aliphatic hydroxyl groups is 1. The van der Waals surface area contributed by atoms with Crippen LogP contribution >= 0.6 is 0 Å². The van der Waals surface area contributed by atoms with Crippen LogP contribution in [0.3, 0.4) is 0 Å². The lowest BCUT2D eigenvalue weighted by Gasteiger charge is -2.30. The van der Waals surface area contributed by atoms with Gasteiger partial charge in [-0.1, -0.05) is 30.3 Å². The van der Waals surface area contributed by atoms with E-state index in [9.17, 15) is 23.1 Å². The van der Waals surface area contributed by atoms with Crippen LogP contribution < -0.4 is 0 Å². The molecule has 27 heavy (non-hydrogen) atoms. The predicted molar refractivity (Wildman–Crippen MR) is 98.6 cm³/mol. The fraction of sp³-hybridized carbons (Fsp3) is 0.211. The van der Waals surface area contributed by atoms with Crippen LogP contribution in [0.25, 0.3) is 5.76 Å². The number of benzene rings is 1. The van der Waals surface area contributed by atoms with E-state index in [4.69, 9.17) is 0 Å². The van der Waals surface area contributed by atoms with Gasteiger partial charge in [0.2, 0.25) is 0 Å². The lowest BCUT2D eigenvalue weighted by Crippen LogP contribution is -2.41. The first-order valence-corrected chi connectivity index (χ1v) is 9.62. The molecule has 1 aliphatic heterocycles. The Kier molecular flexibility index (Phi) is 4.61. The summed E-state index contributed by atoms with van der Waals surface area (Å²) in [5.74, 6) is -1.65. The molecular weight excluding hydrogens is 368 g/mol. The van der Waals surface area contributed by atoms with Crippen molar-refractivity contribution in [2.45, 2.75) is 25.8 Å². The van der Waals surface area contributed by atoms with E-state index in [2.05, 4.69) is 4.98 Å². The minimum Gasteiger partial charge on any atom is -0.505 e. The number of allylic oxidation sites excluding steroid dienone is 1. The Hall–Kier alpha value is -3.00. The Balaban J connectivity index is 2.20. The number of pyridine rings is 1. The summed E-state index contributed by atoms with van der Waals surface area (Å²) in [6.07, 6.45) is 0.